The highest BCUT2D eigenvalue weighted by Gasteiger charge is 2.01. The van der Waals surface area contributed by atoms with Gasteiger partial charge >= 0.3 is 0 Å². The summed E-state index contributed by atoms with van der Waals surface area (Å²) in [7, 11) is 0. The Morgan fingerprint density at radius 1 is 0.526 bits per heavy atom. The maximum absolute atomic E-state index is 2.19. The molecule has 0 aliphatic carbocycles. The molecule has 1 aromatic heterocycles. The van der Waals surface area contributed by atoms with Crippen molar-refractivity contribution in [3.63, 3.8) is 0 Å². The first kappa shape index (κ1) is 17.7. The van der Waals surface area contributed by atoms with Crippen LogP contribution in [0.15, 0.2) is 48.5 Å². The Hall–Kier alpha value is -1.34. The largest absolute Gasteiger partial charge is 0.135 e. The molecule has 0 nitrogen and oxygen atoms in total. The highest BCUT2D eigenvalue weighted by molar-refractivity contribution is 7.25. The molecule has 0 N–H and O–H groups in total. The van der Waals surface area contributed by atoms with Crippen LogP contribution in [0.1, 0.15) is 41.5 Å². The fourth-order valence-electron chi connectivity index (χ4n) is 1.67. The van der Waals surface area contributed by atoms with Gasteiger partial charge in [-0.15, -0.1) is 11.3 Å². The lowest BCUT2D eigenvalue weighted by atomic mass is 10.2. The zero-order valence-electron chi connectivity index (χ0n) is 13.0. The molecule has 0 aliphatic rings. The molecule has 0 radical (unpaired) electrons. The summed E-state index contributed by atoms with van der Waals surface area (Å²) in [6.07, 6.45) is 0. The van der Waals surface area contributed by atoms with Gasteiger partial charge in [0.15, 0.2) is 0 Å². The average Bonchev–Trinajstić information content (AvgIpc) is 2.92. The summed E-state index contributed by atoms with van der Waals surface area (Å²) in [5.74, 6) is 0. The summed E-state index contributed by atoms with van der Waals surface area (Å²) in [5, 5.41) is 2.76. The number of fused-ring (bicyclic) bond motifs is 3. The van der Waals surface area contributed by atoms with Crippen molar-refractivity contribution in [3.8, 4) is 0 Å². The van der Waals surface area contributed by atoms with Crippen LogP contribution in [0.5, 0.6) is 0 Å². The van der Waals surface area contributed by atoms with Crippen LogP contribution in [0.3, 0.4) is 0 Å². The minimum Gasteiger partial charge on any atom is -0.135 e. The van der Waals surface area contributed by atoms with Gasteiger partial charge < -0.3 is 0 Å². The summed E-state index contributed by atoms with van der Waals surface area (Å²) in [4.78, 5) is 0. The van der Waals surface area contributed by atoms with Gasteiger partial charge in [-0.25, -0.2) is 0 Å². The van der Waals surface area contributed by atoms with Gasteiger partial charge in [-0.3, -0.25) is 0 Å². The molecule has 0 saturated carbocycles. The topological polar surface area (TPSA) is 0 Å². The summed E-state index contributed by atoms with van der Waals surface area (Å²) in [5.41, 5.74) is 0. The van der Waals surface area contributed by atoms with E-state index in [1.54, 1.807) is 0 Å². The lowest BCUT2D eigenvalue weighted by Gasteiger charge is -1.88. The molecule has 3 rings (SSSR count). The fraction of sp³-hybridized carbons (Fsp3) is 0.333. The third kappa shape index (κ3) is 4.36. The van der Waals surface area contributed by atoms with Crippen molar-refractivity contribution in [2.75, 3.05) is 0 Å². The van der Waals surface area contributed by atoms with Gasteiger partial charge in [0.2, 0.25) is 0 Å². The quantitative estimate of drug-likeness (QED) is 0.409. The van der Waals surface area contributed by atoms with E-state index < -0.39 is 0 Å². The Balaban J connectivity index is 0.000000482. The Morgan fingerprint density at radius 2 is 0.842 bits per heavy atom. The maximum Gasteiger partial charge on any atom is 0.0355 e. The van der Waals surface area contributed by atoms with E-state index in [2.05, 4.69) is 48.5 Å². The van der Waals surface area contributed by atoms with E-state index in [0.29, 0.717) is 0 Å². The van der Waals surface area contributed by atoms with Gasteiger partial charge in [0.1, 0.15) is 0 Å². The van der Waals surface area contributed by atoms with Crippen LogP contribution in [-0.2, 0) is 0 Å². The van der Waals surface area contributed by atoms with E-state index in [9.17, 15) is 0 Å². The van der Waals surface area contributed by atoms with Crippen molar-refractivity contribution in [2.45, 2.75) is 41.5 Å². The van der Waals surface area contributed by atoms with E-state index in [1.165, 1.54) is 20.2 Å². The van der Waals surface area contributed by atoms with Gasteiger partial charge in [-0.1, -0.05) is 77.9 Å². The normalized spacial score (nSPS) is 8.53. The van der Waals surface area contributed by atoms with Crippen LogP contribution in [-0.4, -0.2) is 0 Å². The highest BCUT2D eigenvalue weighted by atomic mass is 32.1. The minimum absolute atomic E-state index is 1.38. The SMILES string of the molecule is CC.CC.CC.c1ccc2c(c1)sc1ccccc12. The van der Waals surface area contributed by atoms with Crippen LogP contribution in [0, 0.1) is 0 Å². The number of rotatable bonds is 0. The van der Waals surface area contributed by atoms with E-state index in [1.807, 2.05) is 52.9 Å². The van der Waals surface area contributed by atoms with Gasteiger partial charge in [0, 0.05) is 20.2 Å². The zero-order valence-corrected chi connectivity index (χ0v) is 13.8. The van der Waals surface area contributed by atoms with Gasteiger partial charge in [0.25, 0.3) is 0 Å². The molecule has 0 saturated heterocycles. The smallest absolute Gasteiger partial charge is 0.0355 e. The lowest BCUT2D eigenvalue weighted by Crippen LogP contribution is -1.62. The van der Waals surface area contributed by atoms with Crippen molar-refractivity contribution in [1.82, 2.24) is 0 Å². The number of hydrogen-bond acceptors (Lipinski definition) is 1. The summed E-state index contributed by atoms with van der Waals surface area (Å²) in [6.45, 7) is 12.0. The first-order chi connectivity index (χ1) is 9.45. The van der Waals surface area contributed by atoms with Crippen LogP contribution in [0.25, 0.3) is 20.2 Å². The predicted molar refractivity (Wildman–Crippen MR) is 93.4 cm³/mol. The van der Waals surface area contributed by atoms with Crippen LogP contribution >= 0.6 is 11.3 Å². The van der Waals surface area contributed by atoms with Crippen molar-refractivity contribution in [1.29, 1.82) is 0 Å². The molecule has 0 bridgehead atoms. The lowest BCUT2D eigenvalue weighted by molar-refractivity contribution is 1.50. The number of benzene rings is 2. The average molecular weight is 274 g/mol. The highest BCUT2D eigenvalue weighted by Crippen LogP contribution is 2.32. The van der Waals surface area contributed by atoms with Crippen molar-refractivity contribution in [2.24, 2.45) is 0 Å². The second-order valence-electron chi connectivity index (χ2n) is 3.09. The van der Waals surface area contributed by atoms with Gasteiger partial charge in [0.05, 0.1) is 0 Å². The molecule has 1 heterocycles. The Kier molecular flexibility index (Phi) is 9.82. The zero-order chi connectivity index (χ0) is 14.7. The molecule has 0 atom stereocenters. The molecule has 2 aromatic carbocycles. The van der Waals surface area contributed by atoms with Crippen molar-refractivity contribution >= 4 is 31.5 Å². The molecule has 1 heteroatoms. The molecule has 0 amide bonds. The van der Waals surface area contributed by atoms with Crippen molar-refractivity contribution < 1.29 is 0 Å². The minimum atomic E-state index is 1.38. The second-order valence-corrected chi connectivity index (χ2v) is 4.18. The summed E-state index contributed by atoms with van der Waals surface area (Å²) >= 11 is 1.86. The predicted octanol–water partition coefficient (Wildman–Crippen LogP) is 7.13. The third-order valence-corrected chi connectivity index (χ3v) is 3.44. The number of hydrogen-bond donors (Lipinski definition) is 0. The molecule has 0 fully saturated rings. The first-order valence-electron chi connectivity index (χ1n) is 7.31. The third-order valence-electron chi connectivity index (χ3n) is 2.28. The Labute approximate surface area is 122 Å². The summed E-state index contributed by atoms with van der Waals surface area (Å²) < 4.78 is 2.76. The number of thiophene rings is 1. The molecule has 0 unspecified atom stereocenters. The molecule has 3 aromatic rings. The Bertz CT molecular complexity index is 513. The Morgan fingerprint density at radius 3 is 1.21 bits per heavy atom. The van der Waals surface area contributed by atoms with E-state index in [4.69, 9.17) is 0 Å². The molecule has 104 valence electrons. The van der Waals surface area contributed by atoms with Crippen LogP contribution in [0.2, 0.25) is 0 Å². The van der Waals surface area contributed by atoms with Crippen molar-refractivity contribution in [3.05, 3.63) is 48.5 Å². The fourth-order valence-corrected chi connectivity index (χ4v) is 2.78. The van der Waals surface area contributed by atoms with Crippen LogP contribution in [0.4, 0.5) is 0 Å². The van der Waals surface area contributed by atoms with E-state index in [0.717, 1.165) is 0 Å². The molecular formula is C18H26S. The second kappa shape index (κ2) is 10.6. The van der Waals surface area contributed by atoms with Crippen LogP contribution < -0.4 is 0 Å². The van der Waals surface area contributed by atoms with Gasteiger partial charge in [-0.05, 0) is 12.1 Å². The first-order valence-corrected chi connectivity index (χ1v) is 8.13. The standard InChI is InChI=1S/C12H8S.3C2H6/c1-3-7-11-9(5-1)10-6-2-4-8-12(10)13-11;3*1-2/h1-8H;3*1-2H3. The monoisotopic (exact) mass is 274 g/mol. The maximum atomic E-state index is 2.19. The van der Waals surface area contributed by atoms with E-state index >= 15 is 0 Å². The molecular weight excluding hydrogens is 248 g/mol. The van der Waals surface area contributed by atoms with Gasteiger partial charge in [-0.2, -0.15) is 0 Å². The molecule has 19 heavy (non-hydrogen) atoms. The molecule has 0 aliphatic heterocycles. The summed E-state index contributed by atoms with van der Waals surface area (Å²) in [6, 6.07) is 17.1. The van der Waals surface area contributed by atoms with E-state index in [-0.39, 0.29) is 0 Å². The molecule has 0 spiro atoms.